The Morgan fingerprint density at radius 2 is 2.05 bits per heavy atom. The van der Waals surface area contributed by atoms with Gasteiger partial charge < -0.3 is 10.1 Å². The number of anilines is 3. The molecule has 0 unspecified atom stereocenters. The number of aromatic nitrogens is 3. The van der Waals surface area contributed by atoms with Crippen LogP contribution in [0.2, 0.25) is 5.02 Å². The van der Waals surface area contributed by atoms with Crippen molar-refractivity contribution in [3.8, 4) is 6.01 Å². The van der Waals surface area contributed by atoms with Gasteiger partial charge in [-0.3, -0.25) is 5.43 Å². The maximum absolute atomic E-state index is 13.7. The highest BCUT2D eigenvalue weighted by Crippen LogP contribution is 2.22. The average molecular weight is 313 g/mol. The highest BCUT2D eigenvalue weighted by Gasteiger charge is 2.09. The van der Waals surface area contributed by atoms with Crippen molar-refractivity contribution in [2.75, 3.05) is 17.3 Å². The summed E-state index contributed by atoms with van der Waals surface area (Å²) >= 11 is 5.69. The summed E-state index contributed by atoms with van der Waals surface area (Å²) < 4.78 is 19.0. The van der Waals surface area contributed by atoms with E-state index in [4.69, 9.17) is 22.2 Å². The number of ether oxygens (including phenoxy) is 1. The van der Waals surface area contributed by atoms with Gasteiger partial charge in [-0.05, 0) is 24.6 Å². The SMILES string of the molecule is CCCOc1nc(NN)nc(Nc2ccc(Cl)cc2F)n1. The lowest BCUT2D eigenvalue weighted by Gasteiger charge is -2.09. The summed E-state index contributed by atoms with van der Waals surface area (Å²) in [7, 11) is 0. The molecule has 0 saturated carbocycles. The zero-order valence-electron chi connectivity index (χ0n) is 11.2. The molecule has 1 aromatic carbocycles. The number of nitrogens with two attached hydrogens (primary N) is 1. The van der Waals surface area contributed by atoms with Crippen LogP contribution in [0.3, 0.4) is 0 Å². The quantitative estimate of drug-likeness (QED) is 0.556. The number of nitrogens with one attached hydrogen (secondary N) is 2. The minimum atomic E-state index is -0.527. The van der Waals surface area contributed by atoms with E-state index in [9.17, 15) is 4.39 Å². The molecular formula is C12H14ClFN6O. The summed E-state index contributed by atoms with van der Waals surface area (Å²) in [6, 6.07) is 4.30. The number of hydrogen-bond acceptors (Lipinski definition) is 7. The first kappa shape index (κ1) is 15.2. The van der Waals surface area contributed by atoms with Crippen LogP contribution in [-0.4, -0.2) is 21.6 Å². The molecule has 1 heterocycles. The molecule has 0 bridgehead atoms. The lowest BCUT2D eigenvalue weighted by Crippen LogP contribution is -2.14. The van der Waals surface area contributed by atoms with Gasteiger partial charge in [0.05, 0.1) is 12.3 Å². The Labute approximate surface area is 125 Å². The first-order valence-corrected chi connectivity index (χ1v) is 6.57. The number of nitrogen functional groups attached to an aromatic ring is 1. The first-order valence-electron chi connectivity index (χ1n) is 6.20. The molecule has 112 valence electrons. The van der Waals surface area contributed by atoms with Crippen molar-refractivity contribution < 1.29 is 9.13 Å². The fraction of sp³-hybridized carbons (Fsp3) is 0.250. The monoisotopic (exact) mass is 312 g/mol. The Morgan fingerprint density at radius 1 is 1.29 bits per heavy atom. The minimum absolute atomic E-state index is 0.0941. The van der Waals surface area contributed by atoms with Crippen LogP contribution < -0.4 is 21.3 Å². The predicted octanol–water partition coefficient (Wildman–Crippen LogP) is 2.48. The van der Waals surface area contributed by atoms with Crippen LogP contribution in [-0.2, 0) is 0 Å². The molecule has 0 atom stereocenters. The Bertz CT molecular complexity index is 627. The summed E-state index contributed by atoms with van der Waals surface area (Å²) in [5.41, 5.74) is 2.47. The molecule has 0 spiro atoms. The molecule has 2 rings (SSSR count). The van der Waals surface area contributed by atoms with Crippen LogP contribution in [0, 0.1) is 5.82 Å². The molecule has 0 radical (unpaired) electrons. The van der Waals surface area contributed by atoms with E-state index in [0.29, 0.717) is 11.6 Å². The van der Waals surface area contributed by atoms with E-state index in [1.54, 1.807) is 6.07 Å². The molecule has 0 aliphatic rings. The number of hydrazine groups is 1. The molecule has 21 heavy (non-hydrogen) atoms. The van der Waals surface area contributed by atoms with E-state index in [1.165, 1.54) is 12.1 Å². The van der Waals surface area contributed by atoms with Crippen molar-refractivity contribution in [3.05, 3.63) is 29.0 Å². The van der Waals surface area contributed by atoms with E-state index in [0.717, 1.165) is 6.42 Å². The van der Waals surface area contributed by atoms with Gasteiger partial charge in [0.1, 0.15) is 5.82 Å². The summed E-state index contributed by atoms with van der Waals surface area (Å²) in [6.07, 6.45) is 0.797. The van der Waals surface area contributed by atoms with Crippen LogP contribution in [0.1, 0.15) is 13.3 Å². The van der Waals surface area contributed by atoms with E-state index in [2.05, 4.69) is 25.7 Å². The summed E-state index contributed by atoms with van der Waals surface area (Å²) in [5.74, 6) is 4.96. The topological polar surface area (TPSA) is 98.0 Å². The minimum Gasteiger partial charge on any atom is -0.463 e. The molecule has 9 heteroatoms. The Morgan fingerprint density at radius 3 is 2.71 bits per heavy atom. The van der Waals surface area contributed by atoms with Gasteiger partial charge >= 0.3 is 6.01 Å². The molecule has 0 amide bonds. The molecular weight excluding hydrogens is 299 g/mol. The number of benzene rings is 1. The van der Waals surface area contributed by atoms with Gasteiger partial charge in [-0.25, -0.2) is 10.2 Å². The normalized spacial score (nSPS) is 10.3. The molecule has 2 aromatic rings. The Balaban J connectivity index is 2.25. The average Bonchev–Trinajstić information content (AvgIpc) is 2.48. The van der Waals surface area contributed by atoms with Crippen molar-refractivity contribution in [2.45, 2.75) is 13.3 Å². The third-order valence-corrected chi connectivity index (χ3v) is 2.59. The van der Waals surface area contributed by atoms with Gasteiger partial charge in [-0.2, -0.15) is 15.0 Å². The van der Waals surface area contributed by atoms with Crippen molar-refractivity contribution in [2.24, 2.45) is 5.84 Å². The number of nitrogens with zero attached hydrogens (tertiary/aromatic N) is 3. The summed E-state index contributed by atoms with van der Waals surface area (Å²) in [6.45, 7) is 2.40. The van der Waals surface area contributed by atoms with Crippen LogP contribution >= 0.6 is 11.6 Å². The first-order chi connectivity index (χ1) is 10.1. The molecule has 7 nitrogen and oxygen atoms in total. The molecule has 0 saturated heterocycles. The van der Waals surface area contributed by atoms with Gasteiger partial charge in [0, 0.05) is 5.02 Å². The molecule has 0 aliphatic heterocycles. The second-order valence-electron chi connectivity index (χ2n) is 4.01. The maximum atomic E-state index is 13.7. The van der Waals surface area contributed by atoms with Gasteiger partial charge in [0.15, 0.2) is 0 Å². The highest BCUT2D eigenvalue weighted by atomic mass is 35.5. The molecule has 0 fully saturated rings. The molecule has 0 aliphatic carbocycles. The number of rotatable bonds is 6. The van der Waals surface area contributed by atoms with Crippen molar-refractivity contribution in [1.82, 2.24) is 15.0 Å². The van der Waals surface area contributed by atoms with E-state index >= 15 is 0 Å². The van der Waals surface area contributed by atoms with E-state index in [1.807, 2.05) is 6.92 Å². The third-order valence-electron chi connectivity index (χ3n) is 2.36. The molecule has 4 N–H and O–H groups in total. The fourth-order valence-corrected chi connectivity index (χ4v) is 1.60. The van der Waals surface area contributed by atoms with Gasteiger partial charge in [0.2, 0.25) is 11.9 Å². The zero-order chi connectivity index (χ0) is 15.2. The van der Waals surface area contributed by atoms with Crippen molar-refractivity contribution in [1.29, 1.82) is 0 Å². The van der Waals surface area contributed by atoms with Crippen LogP contribution in [0.25, 0.3) is 0 Å². The summed E-state index contributed by atoms with van der Waals surface area (Å²) in [5, 5.41) is 3.02. The molecule has 1 aromatic heterocycles. The predicted molar refractivity (Wildman–Crippen MR) is 78.1 cm³/mol. The van der Waals surface area contributed by atoms with E-state index in [-0.39, 0.29) is 23.6 Å². The summed E-state index contributed by atoms with van der Waals surface area (Å²) in [4.78, 5) is 11.9. The lowest BCUT2D eigenvalue weighted by atomic mass is 10.3. The lowest BCUT2D eigenvalue weighted by molar-refractivity contribution is 0.292. The second-order valence-corrected chi connectivity index (χ2v) is 4.44. The van der Waals surface area contributed by atoms with Crippen LogP contribution in [0.5, 0.6) is 6.01 Å². The third kappa shape index (κ3) is 4.14. The number of hydrogen-bond donors (Lipinski definition) is 3. The Kier molecular flexibility index (Phi) is 5.07. The van der Waals surface area contributed by atoms with Gasteiger partial charge in [-0.15, -0.1) is 0 Å². The van der Waals surface area contributed by atoms with Crippen LogP contribution in [0.15, 0.2) is 18.2 Å². The maximum Gasteiger partial charge on any atom is 0.323 e. The fourth-order valence-electron chi connectivity index (χ4n) is 1.45. The Hall–Kier alpha value is -2.19. The van der Waals surface area contributed by atoms with E-state index < -0.39 is 5.82 Å². The number of halogens is 2. The van der Waals surface area contributed by atoms with Crippen molar-refractivity contribution in [3.63, 3.8) is 0 Å². The largest absolute Gasteiger partial charge is 0.463 e. The smallest absolute Gasteiger partial charge is 0.323 e. The van der Waals surface area contributed by atoms with Gasteiger partial charge in [-0.1, -0.05) is 18.5 Å². The standard InChI is InChI=1S/C12H14ClFN6O/c1-2-5-21-12-18-10(17-11(19-12)20-15)16-9-4-3-7(13)6-8(9)14/h3-4,6H,2,5,15H2,1H3,(H2,16,17,18,19,20). The highest BCUT2D eigenvalue weighted by molar-refractivity contribution is 6.30. The van der Waals surface area contributed by atoms with Gasteiger partial charge in [0.25, 0.3) is 0 Å². The second kappa shape index (κ2) is 7.00. The van der Waals surface area contributed by atoms with Crippen LogP contribution in [0.4, 0.5) is 22.0 Å². The zero-order valence-corrected chi connectivity index (χ0v) is 12.0. The van der Waals surface area contributed by atoms with Crippen molar-refractivity contribution >= 4 is 29.2 Å².